The highest BCUT2D eigenvalue weighted by Gasteiger charge is 2.49. The number of halogens is 2. The standard InChI is InChI=1S/C32H33F2N3O7S/c1-18(2)28(32(42)43)36-26(39)15-35-27(40)16-44-24-13-5-20(6-14-24)29-30(31(41)37(29)23-11-9-22(34)10-12-23)45-17-25(38)19-3-7-21(33)8-4-19/h3-14,18,25,28-30,38H,15-17H2,1-2H3,(H,35,40)(H,36,39)(H,42,43)/t25-,28-,29+,30+/m0/s1/i/hD. The number of hydrogen-bond acceptors (Lipinski definition) is 7. The highest BCUT2D eigenvalue weighted by atomic mass is 32.2. The Morgan fingerprint density at radius 2 is 1.58 bits per heavy atom. The van der Waals surface area contributed by atoms with Gasteiger partial charge in [-0.05, 0) is 65.6 Å². The Balaban J connectivity index is 1.40. The monoisotopic (exact) mass is 642 g/mol. The van der Waals surface area contributed by atoms with Gasteiger partial charge in [-0.25, -0.2) is 13.6 Å². The fourth-order valence-electron chi connectivity index (χ4n) is 4.66. The van der Waals surface area contributed by atoms with Crippen LogP contribution in [0.1, 0.15) is 37.1 Å². The molecule has 3 aromatic rings. The Labute approximate surface area is 264 Å². The average molecular weight is 643 g/mol. The lowest BCUT2D eigenvalue weighted by Crippen LogP contribution is -2.57. The lowest BCUT2D eigenvalue weighted by molar-refractivity contribution is -0.143. The van der Waals surface area contributed by atoms with E-state index in [2.05, 4.69) is 5.32 Å². The minimum absolute atomic E-state index is 0.162. The smallest absolute Gasteiger partial charge is 0.326 e. The number of nitrogens with one attached hydrogen (secondary N) is 2. The third-order valence-corrected chi connectivity index (χ3v) is 8.40. The number of thioether (sulfide) groups is 1. The summed E-state index contributed by atoms with van der Waals surface area (Å²) in [5.41, 5.74) is 1.70. The number of aliphatic carboxylic acids is 1. The molecule has 0 saturated carbocycles. The first-order chi connectivity index (χ1) is 21.8. The number of ether oxygens (including phenoxy) is 1. The maximum atomic E-state index is 13.6. The largest absolute Gasteiger partial charge is 0.484 e. The van der Waals surface area contributed by atoms with E-state index in [4.69, 9.17) is 6.15 Å². The molecule has 45 heavy (non-hydrogen) atoms. The number of carbonyl (C=O) groups excluding carboxylic acids is 3. The Morgan fingerprint density at radius 3 is 2.16 bits per heavy atom. The van der Waals surface area contributed by atoms with Gasteiger partial charge < -0.3 is 30.5 Å². The third-order valence-electron chi connectivity index (χ3n) is 7.07. The molecule has 0 spiro atoms. The predicted octanol–water partition coefficient (Wildman–Crippen LogP) is 3.61. The molecule has 0 aromatic heterocycles. The van der Waals surface area contributed by atoms with Crippen molar-refractivity contribution in [2.75, 3.05) is 23.8 Å². The van der Waals surface area contributed by atoms with Crippen LogP contribution >= 0.6 is 11.8 Å². The molecule has 3 aromatic carbocycles. The van der Waals surface area contributed by atoms with Crippen LogP contribution in [0, 0.1) is 17.6 Å². The number of carbonyl (C=O) groups is 4. The van der Waals surface area contributed by atoms with Gasteiger partial charge in [-0.3, -0.25) is 14.4 Å². The highest BCUT2D eigenvalue weighted by Crippen LogP contribution is 2.46. The molecule has 4 atom stereocenters. The second-order valence-corrected chi connectivity index (χ2v) is 11.8. The number of carboxylic acids is 1. The summed E-state index contributed by atoms with van der Waals surface area (Å²) in [5, 5.41) is 21.9. The quantitative estimate of drug-likeness (QED) is 0.195. The minimum atomic E-state index is -1.22. The summed E-state index contributed by atoms with van der Waals surface area (Å²) >= 11 is 1.24. The molecule has 0 radical (unpaired) electrons. The van der Waals surface area contributed by atoms with Gasteiger partial charge in [0.15, 0.2) is 8.02 Å². The molecule has 1 aliphatic rings. The van der Waals surface area contributed by atoms with Crippen molar-refractivity contribution in [2.24, 2.45) is 5.92 Å². The number of anilines is 1. The van der Waals surface area contributed by atoms with E-state index in [-0.39, 0.29) is 17.4 Å². The van der Waals surface area contributed by atoms with Crippen LogP contribution in [0.25, 0.3) is 0 Å². The molecule has 238 valence electrons. The molecule has 1 fully saturated rings. The van der Waals surface area contributed by atoms with Crippen molar-refractivity contribution >= 4 is 41.1 Å². The van der Waals surface area contributed by atoms with Gasteiger partial charge in [0.1, 0.15) is 28.7 Å². The fraction of sp³-hybridized carbons (Fsp3) is 0.312. The van der Waals surface area contributed by atoms with E-state index in [1.165, 1.54) is 65.2 Å². The maximum absolute atomic E-state index is 13.6. The Bertz CT molecular complexity index is 1540. The van der Waals surface area contributed by atoms with E-state index in [0.717, 1.165) is 0 Å². The summed E-state index contributed by atoms with van der Waals surface area (Å²) in [6.07, 6.45) is -0.941. The lowest BCUT2D eigenvalue weighted by atomic mass is 9.92. The van der Waals surface area contributed by atoms with Gasteiger partial charge in [0.2, 0.25) is 11.8 Å². The summed E-state index contributed by atoms with van der Waals surface area (Å²) in [5.74, 6) is -3.94. The van der Waals surface area contributed by atoms with E-state index in [1.54, 1.807) is 38.1 Å². The lowest BCUT2D eigenvalue weighted by Gasteiger charge is -2.47. The second kappa shape index (κ2) is 15.0. The SMILES string of the molecule is [2H]N(CC(=O)N[C@H](C(=O)O)C(C)C)C(=O)COc1ccc([C@@H]2[C@@H](SC[C@H](O)c3ccc(F)cc3)C(=O)N2c2ccc(F)cc2)cc1. The van der Waals surface area contributed by atoms with Crippen LogP contribution in [-0.4, -0.2) is 64.1 Å². The number of aliphatic hydroxyl groups is 1. The maximum Gasteiger partial charge on any atom is 0.326 e. The summed E-state index contributed by atoms with van der Waals surface area (Å²) in [7, 11) is 0. The van der Waals surface area contributed by atoms with Crippen LogP contribution in [-0.2, 0) is 19.2 Å². The van der Waals surface area contributed by atoms with Gasteiger partial charge >= 0.3 is 5.97 Å². The van der Waals surface area contributed by atoms with Gasteiger partial charge in [-0.1, -0.05) is 38.1 Å². The van der Waals surface area contributed by atoms with Crippen molar-refractivity contribution < 1.29 is 44.3 Å². The third kappa shape index (κ3) is 8.58. The molecule has 13 heteroatoms. The first-order valence-corrected chi connectivity index (χ1v) is 15.1. The molecular formula is C32H33F2N3O7S. The zero-order valence-electron chi connectivity index (χ0n) is 25.4. The number of β-lactam (4-membered cyclic amide) rings is 1. The van der Waals surface area contributed by atoms with Crippen LogP contribution in [0.3, 0.4) is 0 Å². The van der Waals surface area contributed by atoms with Gasteiger partial charge in [-0.2, -0.15) is 0 Å². The molecule has 1 saturated heterocycles. The van der Waals surface area contributed by atoms with Crippen molar-refractivity contribution in [1.82, 2.24) is 10.6 Å². The van der Waals surface area contributed by atoms with Crippen molar-refractivity contribution in [1.29, 1.82) is 0 Å². The molecule has 1 aliphatic heterocycles. The van der Waals surface area contributed by atoms with Gasteiger partial charge in [-0.15, -0.1) is 11.8 Å². The van der Waals surface area contributed by atoms with E-state index >= 15 is 0 Å². The molecule has 3 amide bonds. The van der Waals surface area contributed by atoms with Crippen molar-refractivity contribution in [3.05, 3.63) is 95.6 Å². The van der Waals surface area contributed by atoms with Crippen molar-refractivity contribution in [2.45, 2.75) is 37.3 Å². The Kier molecular flexibility index (Phi) is 10.6. The van der Waals surface area contributed by atoms with Crippen LogP contribution in [0.5, 0.6) is 5.75 Å². The molecule has 10 nitrogen and oxygen atoms in total. The topological polar surface area (TPSA) is 145 Å². The van der Waals surface area contributed by atoms with Crippen molar-refractivity contribution in [3.8, 4) is 5.75 Å². The number of amides is 3. The molecule has 0 aliphatic carbocycles. The van der Waals surface area contributed by atoms with Crippen LogP contribution < -0.4 is 20.3 Å². The predicted molar refractivity (Wildman–Crippen MR) is 164 cm³/mol. The molecule has 0 bridgehead atoms. The van der Waals surface area contributed by atoms with Crippen LogP contribution in [0.4, 0.5) is 14.5 Å². The number of benzene rings is 3. The average Bonchev–Trinajstić information content (AvgIpc) is 3.02. The normalized spacial score (nSPS) is 17.6. The van der Waals surface area contributed by atoms with Crippen LogP contribution in [0.15, 0.2) is 72.8 Å². The van der Waals surface area contributed by atoms with E-state index in [9.17, 15) is 38.2 Å². The van der Waals surface area contributed by atoms with Crippen LogP contribution in [0.2, 0.25) is 1.41 Å². The molecular weight excluding hydrogens is 608 g/mol. The number of aliphatic hydroxyl groups excluding tert-OH is 1. The fourth-order valence-corrected chi connectivity index (χ4v) is 5.96. The first kappa shape index (κ1) is 31.9. The van der Waals surface area contributed by atoms with Gasteiger partial charge in [0.25, 0.3) is 5.91 Å². The first-order valence-electron chi connectivity index (χ1n) is 14.5. The Morgan fingerprint density at radius 1 is 0.978 bits per heavy atom. The zero-order chi connectivity index (χ0) is 33.5. The highest BCUT2D eigenvalue weighted by molar-refractivity contribution is 8.00. The molecule has 4 N–H and O–H groups in total. The molecule has 0 unspecified atom stereocenters. The molecule has 1 heterocycles. The molecule has 4 rings (SSSR count). The van der Waals surface area contributed by atoms with Crippen molar-refractivity contribution in [3.63, 3.8) is 0 Å². The summed E-state index contributed by atoms with van der Waals surface area (Å²) in [6, 6.07) is 15.8. The number of carboxylic acid groups (broad SMARTS) is 1. The number of nitrogens with zero attached hydrogens (tertiary/aromatic N) is 1. The summed E-state index contributed by atoms with van der Waals surface area (Å²) < 4.78 is 40.2. The Hall–Kier alpha value is -4.49. The zero-order valence-corrected chi connectivity index (χ0v) is 25.2. The van der Waals surface area contributed by atoms with E-state index < -0.39 is 71.9 Å². The number of rotatable bonds is 14. The summed E-state index contributed by atoms with van der Waals surface area (Å²) in [4.78, 5) is 50.6. The van der Waals surface area contributed by atoms with Gasteiger partial charge in [0, 0.05) is 11.4 Å². The second-order valence-electron chi connectivity index (χ2n) is 10.6. The van der Waals surface area contributed by atoms with E-state index in [1.807, 2.05) is 0 Å². The number of hydrogen-bond donors (Lipinski definition) is 4. The minimum Gasteiger partial charge on any atom is -0.484 e. The van der Waals surface area contributed by atoms with E-state index in [0.29, 0.717) is 22.1 Å². The van der Waals surface area contributed by atoms with Gasteiger partial charge in [0.05, 0.1) is 18.7 Å². The summed E-state index contributed by atoms with van der Waals surface area (Å²) in [6.45, 7) is 1.99.